The van der Waals surface area contributed by atoms with Crippen LogP contribution in [0.2, 0.25) is 0 Å². The van der Waals surface area contributed by atoms with Gasteiger partial charge in [0, 0.05) is 21.7 Å². The largest absolute Gasteiger partial charge is 0.468 e. The lowest BCUT2D eigenvalue weighted by Gasteiger charge is -2.45. The Labute approximate surface area is 294 Å². The molecule has 10 nitrogen and oxygen atoms in total. The molecule has 4 aliphatic heterocycles. The van der Waals surface area contributed by atoms with Crippen molar-refractivity contribution >= 4 is 23.9 Å². The number of methoxy groups -OCH3 is 4. The van der Waals surface area contributed by atoms with E-state index in [1.54, 1.807) is 0 Å². The van der Waals surface area contributed by atoms with E-state index in [2.05, 4.69) is 0 Å². The van der Waals surface area contributed by atoms with Gasteiger partial charge in [-0.05, 0) is 25.7 Å². The van der Waals surface area contributed by atoms with Gasteiger partial charge in [-0.25, -0.2) is 0 Å². The van der Waals surface area contributed by atoms with E-state index >= 15 is 0 Å². The Balaban J connectivity index is 1.23. The summed E-state index contributed by atoms with van der Waals surface area (Å²) in [6.45, 7) is 0. The minimum Gasteiger partial charge on any atom is -0.468 e. The Morgan fingerprint density at radius 2 is 0.700 bits per heavy atom. The van der Waals surface area contributed by atoms with Crippen molar-refractivity contribution in [1.29, 1.82) is 0 Å². The molecule has 0 aromatic carbocycles. The normalized spacial score (nSPS) is 55.8. The number of ether oxygens (including phenoxy) is 6. The van der Waals surface area contributed by atoms with E-state index in [1.807, 2.05) is 0 Å². The summed E-state index contributed by atoms with van der Waals surface area (Å²) in [5, 5.41) is 0. The molecule has 0 aromatic rings. The zero-order valence-corrected chi connectivity index (χ0v) is 30.4. The maximum absolute atomic E-state index is 14.9. The lowest BCUT2D eigenvalue weighted by Crippen LogP contribution is -2.55. The first kappa shape index (κ1) is 32.5. The predicted octanol–water partition coefficient (Wildman–Crippen LogP) is 5.76. The summed E-state index contributed by atoms with van der Waals surface area (Å²) in [5.74, 6) is -1.75. The van der Waals surface area contributed by atoms with Gasteiger partial charge in [-0.3, -0.25) is 19.2 Å². The molecular weight excluding hydrogens is 640 g/mol. The number of carbonyl (C=O) groups excluding carboxylic acids is 4. The van der Waals surface area contributed by atoms with E-state index in [-0.39, 0.29) is 0 Å². The number of esters is 4. The van der Waals surface area contributed by atoms with Gasteiger partial charge in [0.25, 0.3) is 0 Å². The minimum atomic E-state index is -1.37. The fourth-order valence-electron chi connectivity index (χ4n) is 17.6. The van der Waals surface area contributed by atoms with Gasteiger partial charge in [0.1, 0.15) is 32.9 Å². The molecule has 12 rings (SSSR count). The van der Waals surface area contributed by atoms with Crippen molar-refractivity contribution < 1.29 is 47.6 Å². The first-order valence-electron chi connectivity index (χ1n) is 20.0. The van der Waals surface area contributed by atoms with Crippen LogP contribution < -0.4 is 0 Å². The molecule has 4 heterocycles. The standard InChI is InChI=1S/C40H54O10/c1-45-27(41)35-25-31(35)21-17-13-9-5-7-11-15-19-23-33(31)37(35,29(43)47-3)39(33,49-25)40-34-24-20-16-12-8-6-10-14-18-22-32(34)26(50-40)36(32,28(42)46-2)38(34,40)30(44)48-4/h25-26H,5-24H2,1-4H3/t25-,26+,31?,32?,33?,34?,35?,36?,37?,38?,39+,40-. The number of carbonyl (C=O) groups is 4. The molecule has 12 fully saturated rings. The second-order valence-corrected chi connectivity index (χ2v) is 17.9. The molecule has 0 N–H and O–H groups in total. The highest BCUT2D eigenvalue weighted by atomic mass is 16.7. The quantitative estimate of drug-likeness (QED) is 0.259. The highest BCUT2D eigenvalue weighted by Gasteiger charge is 3.40. The zero-order chi connectivity index (χ0) is 34.8. The first-order chi connectivity index (χ1) is 24.3. The van der Waals surface area contributed by atoms with Crippen molar-refractivity contribution in [2.24, 2.45) is 43.3 Å². The summed E-state index contributed by atoms with van der Waals surface area (Å²) >= 11 is 0. The van der Waals surface area contributed by atoms with Crippen molar-refractivity contribution in [2.75, 3.05) is 28.4 Å². The Bertz CT molecular complexity index is 1500. The molecule has 8 aliphatic carbocycles. The highest BCUT2D eigenvalue weighted by Crippen LogP contribution is 3.26. The van der Waals surface area contributed by atoms with Crippen LogP contribution in [-0.4, -0.2) is 75.7 Å². The molecule has 8 saturated carbocycles. The molecular formula is C40H54O10. The van der Waals surface area contributed by atoms with Gasteiger partial charge >= 0.3 is 23.9 Å². The summed E-state index contributed by atoms with van der Waals surface area (Å²) in [5.41, 5.74) is -10.6. The van der Waals surface area contributed by atoms with Crippen molar-refractivity contribution in [2.45, 2.75) is 152 Å². The molecule has 4 spiro atoms. The van der Waals surface area contributed by atoms with Gasteiger partial charge < -0.3 is 28.4 Å². The van der Waals surface area contributed by atoms with Gasteiger partial charge in [-0.1, -0.05) is 103 Å². The van der Waals surface area contributed by atoms with Crippen LogP contribution in [0.15, 0.2) is 0 Å². The molecule has 0 amide bonds. The third kappa shape index (κ3) is 2.24. The molecule has 12 aliphatic rings. The molecule has 12 atom stereocenters. The number of hydrogen-bond donors (Lipinski definition) is 0. The maximum Gasteiger partial charge on any atom is 0.316 e. The molecule has 50 heavy (non-hydrogen) atoms. The van der Waals surface area contributed by atoms with E-state index in [0.717, 1.165) is 89.9 Å². The second-order valence-electron chi connectivity index (χ2n) is 17.9. The van der Waals surface area contributed by atoms with Crippen molar-refractivity contribution in [3.05, 3.63) is 0 Å². The van der Waals surface area contributed by atoms with Crippen LogP contribution in [0.5, 0.6) is 0 Å². The molecule has 0 radical (unpaired) electrons. The Kier molecular flexibility index (Phi) is 6.15. The molecule has 0 aromatic heterocycles. The molecule has 8 unspecified atom stereocenters. The molecule has 274 valence electrons. The third-order valence-electron chi connectivity index (χ3n) is 17.9. The monoisotopic (exact) mass is 694 g/mol. The van der Waals surface area contributed by atoms with Gasteiger partial charge in [0.15, 0.2) is 0 Å². The highest BCUT2D eigenvalue weighted by molar-refractivity contribution is 6.13. The van der Waals surface area contributed by atoms with Gasteiger partial charge in [-0.15, -0.1) is 0 Å². The fraction of sp³-hybridized carbons (Fsp3) is 0.900. The summed E-state index contributed by atoms with van der Waals surface area (Å²) in [4.78, 5) is 58.8. The number of rotatable bonds is 5. The van der Waals surface area contributed by atoms with E-state index < -0.39 is 90.6 Å². The zero-order valence-electron chi connectivity index (χ0n) is 30.4. The van der Waals surface area contributed by atoms with E-state index in [1.165, 1.54) is 54.1 Å². The van der Waals surface area contributed by atoms with Crippen LogP contribution in [0.1, 0.15) is 128 Å². The SMILES string of the molecule is COC(=O)C12[C@H]3O[C@]4([C@]56O[C@@H]7C89CCCCCCCCCCC85C6(C(=O)OC)C79C(=O)OC)C5(CCCCCCCCCCC315)C24C(=O)OC. The van der Waals surface area contributed by atoms with Crippen LogP contribution in [-0.2, 0) is 47.6 Å². The van der Waals surface area contributed by atoms with E-state index in [0.29, 0.717) is 12.8 Å². The van der Waals surface area contributed by atoms with Crippen molar-refractivity contribution in [3.8, 4) is 0 Å². The minimum absolute atomic E-state index is 0.415. The summed E-state index contributed by atoms with van der Waals surface area (Å²) < 4.78 is 37.9. The number of hydrogen-bond acceptors (Lipinski definition) is 10. The van der Waals surface area contributed by atoms with Crippen LogP contribution in [0.3, 0.4) is 0 Å². The summed E-state index contributed by atoms with van der Waals surface area (Å²) in [6.07, 6.45) is 18.8. The van der Waals surface area contributed by atoms with Gasteiger partial charge in [-0.2, -0.15) is 0 Å². The average molecular weight is 695 g/mol. The second kappa shape index (κ2) is 9.47. The Morgan fingerprint density at radius 1 is 0.420 bits per heavy atom. The van der Waals surface area contributed by atoms with Crippen LogP contribution in [0, 0.1) is 43.3 Å². The molecule has 4 bridgehead atoms. The van der Waals surface area contributed by atoms with Crippen LogP contribution in [0.25, 0.3) is 0 Å². The van der Waals surface area contributed by atoms with Gasteiger partial charge in [0.05, 0.1) is 40.6 Å². The lowest BCUT2D eigenvalue weighted by atomic mass is 9.53. The Hall–Kier alpha value is -2.20. The van der Waals surface area contributed by atoms with Crippen molar-refractivity contribution in [1.82, 2.24) is 0 Å². The predicted molar refractivity (Wildman–Crippen MR) is 175 cm³/mol. The van der Waals surface area contributed by atoms with Crippen LogP contribution >= 0.6 is 0 Å². The summed E-state index contributed by atoms with van der Waals surface area (Å²) in [6, 6.07) is 0. The molecule has 4 saturated heterocycles. The average Bonchev–Trinajstić information content (AvgIpc) is 3.94. The summed E-state index contributed by atoms with van der Waals surface area (Å²) in [7, 11) is 5.62. The Morgan fingerprint density at radius 3 is 1.00 bits per heavy atom. The fourth-order valence-corrected chi connectivity index (χ4v) is 17.6. The van der Waals surface area contributed by atoms with Crippen molar-refractivity contribution in [3.63, 3.8) is 0 Å². The first-order valence-corrected chi connectivity index (χ1v) is 20.0. The third-order valence-corrected chi connectivity index (χ3v) is 17.9. The topological polar surface area (TPSA) is 124 Å². The van der Waals surface area contributed by atoms with Crippen LogP contribution in [0.4, 0.5) is 0 Å². The smallest absolute Gasteiger partial charge is 0.316 e. The lowest BCUT2D eigenvalue weighted by molar-refractivity contribution is -0.182. The maximum atomic E-state index is 14.9. The van der Waals surface area contributed by atoms with E-state index in [9.17, 15) is 19.2 Å². The van der Waals surface area contributed by atoms with Gasteiger partial charge in [0.2, 0.25) is 0 Å². The molecule has 10 heteroatoms. The van der Waals surface area contributed by atoms with E-state index in [4.69, 9.17) is 28.4 Å².